The number of anilines is 1. The zero-order valence-electron chi connectivity index (χ0n) is 16.3. The zero-order chi connectivity index (χ0) is 20.8. The van der Waals surface area contributed by atoms with Crippen LogP contribution in [0.5, 0.6) is 0 Å². The fourth-order valence-electron chi connectivity index (χ4n) is 4.32. The summed E-state index contributed by atoms with van der Waals surface area (Å²) in [6.45, 7) is 4.12. The van der Waals surface area contributed by atoms with E-state index < -0.39 is 5.92 Å². The van der Waals surface area contributed by atoms with Gasteiger partial charge in [0, 0.05) is 17.7 Å². The van der Waals surface area contributed by atoms with Crippen LogP contribution in [-0.4, -0.2) is 5.78 Å². The Labute approximate surface area is 174 Å². The van der Waals surface area contributed by atoms with E-state index in [1.165, 1.54) is 11.3 Å². The lowest BCUT2D eigenvalue weighted by atomic mass is 9.69. The van der Waals surface area contributed by atoms with E-state index in [-0.39, 0.29) is 17.0 Å². The number of carbonyl (C=O) groups is 1. The molecule has 0 spiro atoms. The first-order valence-electron chi connectivity index (χ1n) is 9.35. The Morgan fingerprint density at radius 2 is 1.93 bits per heavy atom. The van der Waals surface area contributed by atoms with Gasteiger partial charge in [-0.25, -0.2) is 0 Å². The first kappa shape index (κ1) is 19.0. The summed E-state index contributed by atoms with van der Waals surface area (Å²) in [4.78, 5) is 15.1. The van der Waals surface area contributed by atoms with Gasteiger partial charge in [0.05, 0.1) is 28.8 Å². The second kappa shape index (κ2) is 6.92. The Bertz CT molecular complexity index is 1140. The Kier molecular flexibility index (Phi) is 4.53. The van der Waals surface area contributed by atoms with E-state index in [0.717, 1.165) is 11.3 Å². The number of Topliss-reactive ketones (excluding diaryl/α,β-unsaturated/α-hetero) is 1. The Morgan fingerprint density at radius 1 is 1.17 bits per heavy atom. The van der Waals surface area contributed by atoms with E-state index in [0.29, 0.717) is 35.2 Å². The van der Waals surface area contributed by atoms with E-state index in [2.05, 4.69) is 26.0 Å². The third-order valence-corrected chi connectivity index (χ3v) is 6.22. The van der Waals surface area contributed by atoms with Gasteiger partial charge in [0.2, 0.25) is 0 Å². The molecule has 0 saturated carbocycles. The van der Waals surface area contributed by atoms with Crippen LogP contribution in [0.1, 0.15) is 43.7 Å². The van der Waals surface area contributed by atoms with Gasteiger partial charge in [-0.3, -0.25) is 9.69 Å². The normalized spacial score (nSPS) is 20.9. The fraction of sp³-hybridized carbons (Fsp3) is 0.261. The van der Waals surface area contributed by atoms with Crippen molar-refractivity contribution in [2.45, 2.75) is 32.6 Å². The highest BCUT2D eigenvalue weighted by molar-refractivity contribution is 7.08. The Morgan fingerprint density at radius 3 is 2.59 bits per heavy atom. The van der Waals surface area contributed by atoms with Crippen molar-refractivity contribution in [1.29, 1.82) is 10.5 Å². The molecule has 1 aromatic heterocycles. The highest BCUT2D eigenvalue weighted by Crippen LogP contribution is 2.50. The molecule has 1 atom stereocenters. The number of rotatable bonds is 2. The minimum absolute atomic E-state index is 0.0344. The summed E-state index contributed by atoms with van der Waals surface area (Å²) in [7, 11) is 0. The molecule has 2 aliphatic rings. The lowest BCUT2D eigenvalue weighted by Gasteiger charge is -2.43. The predicted molar refractivity (Wildman–Crippen MR) is 113 cm³/mol. The Balaban J connectivity index is 2.04. The van der Waals surface area contributed by atoms with Crippen molar-refractivity contribution in [2.75, 3.05) is 4.90 Å². The largest absolute Gasteiger partial charge is 0.384 e. The monoisotopic (exact) mass is 400 g/mol. The standard InChI is InChI=1S/C23H20N4OS/c1-23(2)9-18-21(19(28)10-23)20(15-7-8-29-13-15)16(12-25)22(26)27(18)17-6-4-3-5-14(17)11-24/h3-8,13,20H,9-10,26H2,1-2H3/t20-/m1/s1. The molecule has 4 rings (SSSR count). The quantitative estimate of drug-likeness (QED) is 0.797. The maximum Gasteiger partial charge on any atom is 0.162 e. The fourth-order valence-corrected chi connectivity index (χ4v) is 5.01. The van der Waals surface area contributed by atoms with Crippen molar-refractivity contribution in [3.63, 3.8) is 0 Å². The number of nitrogens with two attached hydrogens (primary N) is 1. The minimum atomic E-state index is -0.463. The van der Waals surface area contributed by atoms with Crippen LogP contribution in [0.15, 0.2) is 63.8 Å². The van der Waals surface area contributed by atoms with Crippen molar-refractivity contribution in [2.24, 2.45) is 11.1 Å². The van der Waals surface area contributed by atoms with Crippen LogP contribution in [0.4, 0.5) is 5.69 Å². The maximum atomic E-state index is 13.3. The lowest BCUT2D eigenvalue weighted by Crippen LogP contribution is -2.42. The van der Waals surface area contributed by atoms with E-state index in [1.54, 1.807) is 17.0 Å². The third-order valence-electron chi connectivity index (χ3n) is 5.52. The molecule has 0 bridgehead atoms. The number of para-hydroxylation sites is 1. The predicted octanol–water partition coefficient (Wildman–Crippen LogP) is 4.56. The Hall–Kier alpha value is -3.35. The molecule has 29 heavy (non-hydrogen) atoms. The second-order valence-corrected chi connectivity index (χ2v) is 8.95. The van der Waals surface area contributed by atoms with Crippen molar-refractivity contribution >= 4 is 22.8 Å². The highest BCUT2D eigenvalue weighted by Gasteiger charge is 2.45. The van der Waals surface area contributed by atoms with Crippen molar-refractivity contribution in [3.05, 3.63) is 74.9 Å². The van der Waals surface area contributed by atoms with Gasteiger partial charge in [-0.1, -0.05) is 26.0 Å². The number of ketones is 1. The first-order chi connectivity index (χ1) is 13.9. The van der Waals surface area contributed by atoms with Crippen LogP contribution in [0.25, 0.3) is 0 Å². The molecule has 0 saturated heterocycles. The molecular weight excluding hydrogens is 380 g/mol. The van der Waals surface area contributed by atoms with Crippen molar-refractivity contribution in [3.8, 4) is 12.1 Å². The average Bonchev–Trinajstić information content (AvgIpc) is 3.20. The molecule has 0 radical (unpaired) electrons. The number of hydrogen-bond acceptors (Lipinski definition) is 6. The number of thiophene rings is 1. The molecule has 2 N–H and O–H groups in total. The molecular formula is C23H20N4OS. The minimum Gasteiger partial charge on any atom is -0.384 e. The van der Waals surface area contributed by atoms with Crippen LogP contribution in [0.2, 0.25) is 0 Å². The van der Waals surface area contributed by atoms with Gasteiger partial charge in [-0.2, -0.15) is 21.9 Å². The van der Waals surface area contributed by atoms with Crippen molar-refractivity contribution in [1.82, 2.24) is 0 Å². The van der Waals surface area contributed by atoms with Gasteiger partial charge in [-0.05, 0) is 46.4 Å². The van der Waals surface area contributed by atoms with Gasteiger partial charge >= 0.3 is 0 Å². The lowest BCUT2D eigenvalue weighted by molar-refractivity contribution is -0.118. The van der Waals surface area contributed by atoms with Crippen LogP contribution in [-0.2, 0) is 4.79 Å². The first-order valence-corrected chi connectivity index (χ1v) is 10.3. The SMILES string of the molecule is CC1(C)CC(=O)C2=C(C1)N(c1ccccc1C#N)C(N)=C(C#N)[C@H]2c1ccsc1. The van der Waals surface area contributed by atoms with Gasteiger partial charge in [0.25, 0.3) is 0 Å². The number of hydrogen-bond donors (Lipinski definition) is 1. The van der Waals surface area contributed by atoms with Gasteiger partial charge < -0.3 is 5.73 Å². The summed E-state index contributed by atoms with van der Waals surface area (Å²) in [5.74, 6) is -0.141. The van der Waals surface area contributed by atoms with Crippen molar-refractivity contribution < 1.29 is 4.79 Å². The molecule has 1 aliphatic carbocycles. The van der Waals surface area contributed by atoms with Gasteiger partial charge in [0.1, 0.15) is 11.9 Å². The van der Waals surface area contributed by atoms with E-state index >= 15 is 0 Å². The molecule has 0 unspecified atom stereocenters. The number of carbonyl (C=O) groups excluding carboxylic acids is 1. The molecule has 1 aromatic carbocycles. The summed E-state index contributed by atoms with van der Waals surface area (Å²) in [5.41, 5.74) is 10.0. The average molecular weight is 401 g/mol. The topological polar surface area (TPSA) is 93.9 Å². The van der Waals surface area contributed by atoms with E-state index in [9.17, 15) is 15.3 Å². The summed E-state index contributed by atoms with van der Waals surface area (Å²) in [6.07, 6.45) is 1.05. The molecule has 0 amide bonds. The third kappa shape index (κ3) is 3.03. The van der Waals surface area contributed by atoms with Crippen LogP contribution in [0.3, 0.4) is 0 Å². The molecule has 6 heteroatoms. The number of nitriles is 2. The molecule has 0 fully saturated rings. The number of benzene rings is 1. The van der Waals surface area contributed by atoms with Gasteiger partial charge in [-0.15, -0.1) is 0 Å². The van der Waals surface area contributed by atoms with E-state index in [4.69, 9.17) is 5.73 Å². The second-order valence-electron chi connectivity index (χ2n) is 8.17. The molecule has 2 aromatic rings. The van der Waals surface area contributed by atoms with Gasteiger partial charge in [0.15, 0.2) is 5.78 Å². The maximum absolute atomic E-state index is 13.3. The summed E-state index contributed by atoms with van der Waals surface area (Å²) < 4.78 is 0. The summed E-state index contributed by atoms with van der Waals surface area (Å²) in [5, 5.41) is 23.5. The molecule has 5 nitrogen and oxygen atoms in total. The highest BCUT2D eigenvalue weighted by atomic mass is 32.1. The molecule has 144 valence electrons. The smallest absolute Gasteiger partial charge is 0.162 e. The number of nitrogens with zero attached hydrogens (tertiary/aromatic N) is 3. The van der Waals surface area contributed by atoms with Crippen LogP contribution in [0, 0.1) is 28.1 Å². The molecule has 2 heterocycles. The van der Waals surface area contributed by atoms with Crippen LogP contribution >= 0.6 is 11.3 Å². The zero-order valence-corrected chi connectivity index (χ0v) is 17.1. The van der Waals surface area contributed by atoms with Crippen LogP contribution < -0.4 is 10.6 Å². The summed E-state index contributed by atoms with van der Waals surface area (Å²) in [6, 6.07) is 13.5. The molecule has 1 aliphatic heterocycles. The number of allylic oxidation sites excluding steroid dienone is 3. The van der Waals surface area contributed by atoms with E-state index in [1.807, 2.05) is 29.0 Å². The summed E-state index contributed by atoms with van der Waals surface area (Å²) >= 11 is 1.53.